The summed E-state index contributed by atoms with van der Waals surface area (Å²) in [5.41, 5.74) is 2.73. The number of nitrogens with zero attached hydrogens (tertiary/aromatic N) is 2. The predicted molar refractivity (Wildman–Crippen MR) is 114 cm³/mol. The number of fused-ring (bicyclic) bond motifs is 1. The number of aliphatic imine (C=N–C) groups is 1. The summed E-state index contributed by atoms with van der Waals surface area (Å²) in [6.07, 6.45) is 12.9. The van der Waals surface area contributed by atoms with Gasteiger partial charge in [0.15, 0.2) is 5.90 Å². The molecule has 4 atom stereocenters. The summed E-state index contributed by atoms with van der Waals surface area (Å²) in [7, 11) is 0. The lowest BCUT2D eigenvalue weighted by atomic mass is 9.77. The van der Waals surface area contributed by atoms with Gasteiger partial charge in [-0.05, 0) is 60.4 Å². The normalized spacial score (nSPS) is 28.9. The van der Waals surface area contributed by atoms with Crippen LogP contribution in [-0.2, 0) is 4.74 Å². The average molecular weight is 391 g/mol. The Kier molecular flexibility index (Phi) is 5.17. The lowest BCUT2D eigenvalue weighted by molar-refractivity contribution is 0.247. The number of hydrogen-bond acceptors (Lipinski definition) is 3. The van der Waals surface area contributed by atoms with E-state index >= 15 is 0 Å². The molecular weight excluding hydrogens is 363 g/mol. The molecule has 2 fully saturated rings. The van der Waals surface area contributed by atoms with E-state index in [1.54, 1.807) is 12.1 Å². The van der Waals surface area contributed by atoms with Crippen LogP contribution in [0.3, 0.4) is 0 Å². The summed E-state index contributed by atoms with van der Waals surface area (Å²) in [5, 5.41) is 0. The summed E-state index contributed by atoms with van der Waals surface area (Å²) >= 11 is 0. The summed E-state index contributed by atoms with van der Waals surface area (Å²) < 4.78 is 19.3. The van der Waals surface area contributed by atoms with Crippen molar-refractivity contribution in [2.24, 2.45) is 28.7 Å². The van der Waals surface area contributed by atoms with Crippen LogP contribution >= 0.6 is 0 Å². The van der Waals surface area contributed by atoms with Crippen LogP contribution in [0.1, 0.15) is 37.8 Å². The minimum Gasteiger partial charge on any atom is -0.479 e. The van der Waals surface area contributed by atoms with Crippen molar-refractivity contribution < 1.29 is 9.13 Å². The Morgan fingerprint density at radius 2 is 2.00 bits per heavy atom. The van der Waals surface area contributed by atoms with Crippen LogP contribution in [0, 0.1) is 29.5 Å². The molecule has 2 aromatic rings. The first-order valence-electron chi connectivity index (χ1n) is 10.9. The molecule has 0 N–H and O–H groups in total. The first-order chi connectivity index (χ1) is 14.3. The Morgan fingerprint density at radius 1 is 1.07 bits per heavy atom. The zero-order valence-electron chi connectivity index (χ0n) is 16.6. The Balaban J connectivity index is 1.36. The van der Waals surface area contributed by atoms with Crippen molar-refractivity contribution in [3.63, 3.8) is 0 Å². The molecule has 3 aliphatic rings. The fourth-order valence-corrected chi connectivity index (χ4v) is 5.49. The van der Waals surface area contributed by atoms with Gasteiger partial charge >= 0.3 is 0 Å². The highest BCUT2D eigenvalue weighted by molar-refractivity contribution is 5.81. The molecule has 0 amide bonds. The number of allylic oxidation sites excluding steroid dienone is 1. The molecule has 2 heterocycles. The van der Waals surface area contributed by atoms with Crippen LogP contribution in [0.2, 0.25) is 0 Å². The third-order valence-electron chi connectivity index (χ3n) is 6.84. The number of pyridine rings is 1. The van der Waals surface area contributed by atoms with Crippen molar-refractivity contribution in [3.05, 3.63) is 60.2 Å². The fourth-order valence-electron chi connectivity index (χ4n) is 5.49. The van der Waals surface area contributed by atoms with E-state index in [2.05, 4.69) is 22.1 Å². The lowest BCUT2D eigenvalue weighted by Crippen LogP contribution is -2.23. The summed E-state index contributed by atoms with van der Waals surface area (Å²) in [6, 6.07) is 10.7. The maximum atomic E-state index is 13.5. The molecule has 0 unspecified atom stereocenters. The third-order valence-corrected chi connectivity index (χ3v) is 6.84. The molecule has 1 aromatic heterocycles. The molecule has 2 saturated carbocycles. The van der Waals surface area contributed by atoms with Crippen LogP contribution in [-0.4, -0.2) is 24.0 Å². The molecule has 2 aliphatic carbocycles. The van der Waals surface area contributed by atoms with Gasteiger partial charge in [-0.25, -0.2) is 4.39 Å². The zero-order valence-corrected chi connectivity index (χ0v) is 16.6. The maximum Gasteiger partial charge on any atom is 0.187 e. The smallest absolute Gasteiger partial charge is 0.187 e. The van der Waals surface area contributed by atoms with Gasteiger partial charge in [-0.2, -0.15) is 0 Å². The minimum atomic E-state index is -0.224. The molecule has 0 bridgehead atoms. The number of benzene rings is 1. The zero-order chi connectivity index (χ0) is 19.6. The molecule has 29 heavy (non-hydrogen) atoms. The summed E-state index contributed by atoms with van der Waals surface area (Å²) in [6.45, 7) is 1.54. The van der Waals surface area contributed by atoms with E-state index in [0.717, 1.165) is 47.7 Å². The second kappa shape index (κ2) is 8.10. The second-order valence-corrected chi connectivity index (χ2v) is 8.54. The highest BCUT2D eigenvalue weighted by Gasteiger charge is 2.45. The number of rotatable bonds is 4. The largest absolute Gasteiger partial charge is 0.479 e. The number of halogens is 1. The van der Waals surface area contributed by atoms with Crippen LogP contribution in [0.15, 0.2) is 53.7 Å². The molecule has 1 aliphatic heterocycles. The lowest BCUT2D eigenvalue weighted by Gasteiger charge is -2.28. The number of ether oxygens (including phenoxy) is 1. The van der Waals surface area contributed by atoms with E-state index in [-0.39, 0.29) is 5.82 Å². The maximum absolute atomic E-state index is 13.5. The number of aromatic nitrogens is 1. The van der Waals surface area contributed by atoms with Crippen molar-refractivity contribution in [1.29, 1.82) is 0 Å². The van der Waals surface area contributed by atoms with Crippen molar-refractivity contribution in [1.82, 2.24) is 4.98 Å². The molecule has 4 heteroatoms. The van der Waals surface area contributed by atoms with Crippen LogP contribution in [0.5, 0.6) is 0 Å². The van der Waals surface area contributed by atoms with E-state index in [9.17, 15) is 4.39 Å². The Hall–Kier alpha value is -2.49. The van der Waals surface area contributed by atoms with Crippen LogP contribution in [0.25, 0.3) is 17.2 Å². The number of hydrogen-bond donors (Lipinski definition) is 0. The molecule has 0 radical (unpaired) electrons. The molecule has 0 spiro atoms. The van der Waals surface area contributed by atoms with E-state index in [1.165, 1.54) is 38.2 Å². The van der Waals surface area contributed by atoms with Crippen molar-refractivity contribution in [3.8, 4) is 11.1 Å². The molecule has 1 aromatic carbocycles. The van der Waals surface area contributed by atoms with Gasteiger partial charge in [0.1, 0.15) is 12.4 Å². The minimum absolute atomic E-state index is 0.224. The van der Waals surface area contributed by atoms with Gasteiger partial charge in [-0.3, -0.25) is 9.98 Å². The highest BCUT2D eigenvalue weighted by atomic mass is 19.1. The molecular formula is C25H27FN2O. The van der Waals surface area contributed by atoms with Crippen LogP contribution < -0.4 is 0 Å². The quantitative estimate of drug-likeness (QED) is 0.664. The van der Waals surface area contributed by atoms with E-state index in [0.29, 0.717) is 11.8 Å². The first-order valence-corrected chi connectivity index (χ1v) is 10.9. The van der Waals surface area contributed by atoms with Gasteiger partial charge in [-0.1, -0.05) is 43.5 Å². The summed E-state index contributed by atoms with van der Waals surface area (Å²) in [5.74, 6) is 3.22. The van der Waals surface area contributed by atoms with E-state index < -0.39 is 0 Å². The SMILES string of the molecule is Fc1cccc(-c2ccc(/C=C/[C@H]3[C@@H]4CCCC[C@@H]4C[C@@H]3C3=NCCO3)nc2)c1. The second-order valence-electron chi connectivity index (χ2n) is 8.54. The average Bonchev–Trinajstić information content (AvgIpc) is 3.40. The Morgan fingerprint density at radius 3 is 2.79 bits per heavy atom. The summed E-state index contributed by atoms with van der Waals surface area (Å²) in [4.78, 5) is 9.25. The molecule has 3 nitrogen and oxygen atoms in total. The van der Waals surface area contributed by atoms with E-state index in [1.807, 2.05) is 24.4 Å². The van der Waals surface area contributed by atoms with Crippen molar-refractivity contribution >= 4 is 12.0 Å². The van der Waals surface area contributed by atoms with Crippen molar-refractivity contribution in [2.75, 3.05) is 13.2 Å². The van der Waals surface area contributed by atoms with Gasteiger partial charge in [-0.15, -0.1) is 0 Å². The van der Waals surface area contributed by atoms with E-state index in [4.69, 9.17) is 4.74 Å². The fraction of sp³-hybridized carbons (Fsp3) is 0.440. The monoisotopic (exact) mass is 390 g/mol. The van der Waals surface area contributed by atoms with Gasteiger partial charge in [0.2, 0.25) is 0 Å². The molecule has 0 saturated heterocycles. The predicted octanol–water partition coefficient (Wildman–Crippen LogP) is 5.77. The van der Waals surface area contributed by atoms with Gasteiger partial charge in [0.05, 0.1) is 12.2 Å². The standard InChI is InChI=1S/C25H27FN2O/c26-20-6-3-5-17(14-20)19-8-9-21(28-16-19)10-11-23-22-7-2-1-4-18(22)15-24(23)25-27-12-13-29-25/h3,5-6,8-11,14,16,18,22-24H,1-2,4,7,12-13,15H2/b11-10+/t18-,22-,23+,24+/m1/s1. The first kappa shape index (κ1) is 18.5. The Labute approximate surface area is 171 Å². The highest BCUT2D eigenvalue weighted by Crippen LogP contribution is 2.50. The molecule has 5 rings (SSSR count). The topological polar surface area (TPSA) is 34.5 Å². The van der Waals surface area contributed by atoms with Gasteiger partial charge in [0.25, 0.3) is 0 Å². The van der Waals surface area contributed by atoms with Gasteiger partial charge in [0, 0.05) is 17.7 Å². The molecule has 150 valence electrons. The van der Waals surface area contributed by atoms with Gasteiger partial charge < -0.3 is 4.74 Å². The third kappa shape index (κ3) is 3.85. The van der Waals surface area contributed by atoms with Crippen molar-refractivity contribution in [2.45, 2.75) is 32.1 Å². The Bertz CT molecular complexity index is 921. The van der Waals surface area contributed by atoms with Crippen LogP contribution in [0.4, 0.5) is 4.39 Å².